The molecule has 134 valence electrons. The van der Waals surface area contributed by atoms with Gasteiger partial charge in [-0.3, -0.25) is 4.79 Å². The standard InChI is InChI=1S/C20H12ClNO5/c1-25-12-6-7-13(15(21)9-12)19-22-16(20(24)27-19)8-11-10-26-17-5-3-2-4-14(17)18(11)23/h2-10H,1H3. The molecule has 0 atom stereocenters. The fourth-order valence-corrected chi connectivity index (χ4v) is 2.91. The SMILES string of the molecule is COc1ccc(C2=NC(=Cc3coc4ccccc4c3=O)C(=O)O2)c(Cl)c1. The van der Waals surface area contributed by atoms with Crippen LogP contribution in [0.1, 0.15) is 11.1 Å². The molecule has 0 aliphatic carbocycles. The average Bonchev–Trinajstić information content (AvgIpc) is 3.04. The van der Waals surface area contributed by atoms with Crippen molar-refractivity contribution < 1.29 is 18.7 Å². The van der Waals surface area contributed by atoms with E-state index in [4.69, 9.17) is 25.5 Å². The molecule has 1 aliphatic heterocycles. The number of fused-ring (bicyclic) bond motifs is 1. The molecular weight excluding hydrogens is 370 g/mol. The zero-order valence-corrected chi connectivity index (χ0v) is 14.8. The number of rotatable bonds is 3. The molecule has 2 heterocycles. The van der Waals surface area contributed by atoms with Gasteiger partial charge in [-0.1, -0.05) is 23.7 Å². The van der Waals surface area contributed by atoms with E-state index in [2.05, 4.69) is 4.99 Å². The number of ether oxygens (including phenoxy) is 2. The van der Waals surface area contributed by atoms with Crippen LogP contribution in [0.25, 0.3) is 17.0 Å². The van der Waals surface area contributed by atoms with E-state index in [9.17, 15) is 9.59 Å². The number of halogens is 1. The number of cyclic esters (lactones) is 1. The third-order valence-corrected chi connectivity index (χ3v) is 4.34. The Kier molecular flexibility index (Phi) is 4.25. The maximum Gasteiger partial charge on any atom is 0.363 e. The molecule has 6 nitrogen and oxygen atoms in total. The molecule has 0 fully saturated rings. The number of esters is 1. The van der Waals surface area contributed by atoms with Crippen LogP contribution in [0.2, 0.25) is 5.02 Å². The van der Waals surface area contributed by atoms with Gasteiger partial charge in [-0.2, -0.15) is 0 Å². The Morgan fingerprint density at radius 1 is 1.15 bits per heavy atom. The van der Waals surface area contributed by atoms with Crippen LogP contribution >= 0.6 is 11.6 Å². The molecular formula is C20H12ClNO5. The van der Waals surface area contributed by atoms with Crippen molar-refractivity contribution in [2.45, 2.75) is 0 Å². The maximum absolute atomic E-state index is 12.6. The number of para-hydroxylation sites is 1. The van der Waals surface area contributed by atoms with E-state index in [-0.39, 0.29) is 22.6 Å². The predicted molar refractivity (Wildman–Crippen MR) is 101 cm³/mol. The monoisotopic (exact) mass is 381 g/mol. The van der Waals surface area contributed by atoms with E-state index in [1.54, 1.807) is 42.5 Å². The van der Waals surface area contributed by atoms with Crippen LogP contribution in [0.4, 0.5) is 0 Å². The quantitative estimate of drug-likeness (QED) is 0.509. The molecule has 0 saturated carbocycles. The van der Waals surface area contributed by atoms with Crippen LogP contribution in [0, 0.1) is 0 Å². The number of carbonyl (C=O) groups is 1. The van der Waals surface area contributed by atoms with Gasteiger partial charge in [0.2, 0.25) is 5.90 Å². The van der Waals surface area contributed by atoms with Gasteiger partial charge in [0, 0.05) is 0 Å². The lowest BCUT2D eigenvalue weighted by molar-refractivity contribution is -0.129. The lowest BCUT2D eigenvalue weighted by Gasteiger charge is -2.05. The van der Waals surface area contributed by atoms with Crippen LogP contribution in [0.5, 0.6) is 5.75 Å². The van der Waals surface area contributed by atoms with Crippen molar-refractivity contribution in [3.63, 3.8) is 0 Å². The molecule has 2 aromatic carbocycles. The van der Waals surface area contributed by atoms with Crippen molar-refractivity contribution in [3.05, 3.63) is 80.8 Å². The van der Waals surface area contributed by atoms with Gasteiger partial charge in [0.15, 0.2) is 11.1 Å². The molecule has 1 aliphatic rings. The van der Waals surface area contributed by atoms with E-state index in [0.29, 0.717) is 27.3 Å². The summed E-state index contributed by atoms with van der Waals surface area (Å²) in [5.41, 5.74) is 0.835. The third-order valence-electron chi connectivity index (χ3n) is 4.03. The predicted octanol–water partition coefficient (Wildman–Crippen LogP) is 3.80. The molecule has 0 unspecified atom stereocenters. The van der Waals surface area contributed by atoms with Crippen LogP contribution < -0.4 is 10.2 Å². The number of nitrogens with zero attached hydrogens (tertiary/aromatic N) is 1. The summed E-state index contributed by atoms with van der Waals surface area (Å²) in [5, 5.41) is 0.744. The van der Waals surface area contributed by atoms with Gasteiger partial charge in [0.1, 0.15) is 17.6 Å². The molecule has 3 aromatic rings. The first-order valence-corrected chi connectivity index (χ1v) is 8.31. The van der Waals surface area contributed by atoms with Crippen LogP contribution in [0.15, 0.2) is 68.6 Å². The molecule has 1 aromatic heterocycles. The van der Waals surface area contributed by atoms with Crippen molar-refractivity contribution in [2.75, 3.05) is 7.11 Å². The van der Waals surface area contributed by atoms with Crippen LogP contribution in [0.3, 0.4) is 0 Å². The van der Waals surface area contributed by atoms with Crippen LogP contribution in [-0.4, -0.2) is 19.0 Å². The Balaban J connectivity index is 1.75. The highest BCUT2D eigenvalue weighted by atomic mass is 35.5. The smallest absolute Gasteiger partial charge is 0.363 e. The summed E-state index contributed by atoms with van der Waals surface area (Å²) in [6, 6.07) is 11.8. The van der Waals surface area contributed by atoms with Gasteiger partial charge < -0.3 is 13.9 Å². The number of benzene rings is 2. The van der Waals surface area contributed by atoms with E-state index < -0.39 is 5.97 Å². The van der Waals surface area contributed by atoms with Crippen molar-refractivity contribution in [1.82, 2.24) is 0 Å². The normalized spacial score (nSPS) is 15.1. The van der Waals surface area contributed by atoms with E-state index in [1.807, 2.05) is 0 Å². The summed E-state index contributed by atoms with van der Waals surface area (Å²) < 4.78 is 15.7. The molecule has 7 heteroatoms. The van der Waals surface area contributed by atoms with Gasteiger partial charge in [0.05, 0.1) is 28.6 Å². The number of methoxy groups -OCH3 is 1. The second-order valence-corrected chi connectivity index (χ2v) is 6.11. The first-order valence-electron chi connectivity index (χ1n) is 7.94. The molecule has 0 N–H and O–H groups in total. The van der Waals surface area contributed by atoms with Gasteiger partial charge in [-0.15, -0.1) is 0 Å². The van der Waals surface area contributed by atoms with Gasteiger partial charge in [-0.25, -0.2) is 9.79 Å². The largest absolute Gasteiger partial charge is 0.497 e. The highest BCUT2D eigenvalue weighted by Crippen LogP contribution is 2.27. The minimum Gasteiger partial charge on any atom is -0.497 e. The topological polar surface area (TPSA) is 78.1 Å². The summed E-state index contributed by atoms with van der Waals surface area (Å²) in [5.74, 6) is -0.0493. The van der Waals surface area contributed by atoms with Gasteiger partial charge in [-0.05, 0) is 36.4 Å². The van der Waals surface area contributed by atoms with Crippen molar-refractivity contribution in [2.24, 2.45) is 4.99 Å². The molecule has 4 rings (SSSR count). The maximum atomic E-state index is 12.6. The highest BCUT2D eigenvalue weighted by Gasteiger charge is 2.26. The van der Waals surface area contributed by atoms with E-state index in [1.165, 1.54) is 19.4 Å². The lowest BCUT2D eigenvalue weighted by Crippen LogP contribution is -2.07. The Bertz CT molecular complexity index is 1190. The van der Waals surface area contributed by atoms with Crippen molar-refractivity contribution in [3.8, 4) is 5.75 Å². The van der Waals surface area contributed by atoms with Crippen molar-refractivity contribution >= 4 is 40.5 Å². The van der Waals surface area contributed by atoms with Crippen LogP contribution in [-0.2, 0) is 9.53 Å². The Labute approximate surface area is 158 Å². The molecule has 0 spiro atoms. The number of aliphatic imine (C=N–C) groups is 1. The zero-order chi connectivity index (χ0) is 19.0. The first kappa shape index (κ1) is 17.1. The van der Waals surface area contributed by atoms with Gasteiger partial charge >= 0.3 is 5.97 Å². The molecule has 0 amide bonds. The summed E-state index contributed by atoms with van der Waals surface area (Å²) in [7, 11) is 1.52. The fourth-order valence-electron chi connectivity index (χ4n) is 2.66. The minimum atomic E-state index is -0.676. The first-order chi connectivity index (χ1) is 13.1. The minimum absolute atomic E-state index is 0.0144. The summed E-state index contributed by atoms with van der Waals surface area (Å²) in [6.07, 6.45) is 2.63. The number of carbonyl (C=O) groups excluding carboxylic acids is 1. The molecule has 0 bridgehead atoms. The average molecular weight is 382 g/mol. The number of hydrogen-bond donors (Lipinski definition) is 0. The third kappa shape index (κ3) is 3.11. The summed E-state index contributed by atoms with van der Waals surface area (Å²) >= 11 is 6.20. The molecule has 0 radical (unpaired) electrons. The molecule has 0 saturated heterocycles. The fraction of sp³-hybridized carbons (Fsp3) is 0.0500. The second-order valence-electron chi connectivity index (χ2n) is 5.70. The van der Waals surface area contributed by atoms with E-state index in [0.717, 1.165) is 0 Å². The lowest BCUT2D eigenvalue weighted by atomic mass is 10.1. The Morgan fingerprint density at radius 3 is 2.74 bits per heavy atom. The number of hydrogen-bond acceptors (Lipinski definition) is 6. The Morgan fingerprint density at radius 2 is 1.96 bits per heavy atom. The van der Waals surface area contributed by atoms with Gasteiger partial charge in [0.25, 0.3) is 0 Å². The summed E-state index contributed by atoms with van der Waals surface area (Å²) in [6.45, 7) is 0. The molecule has 27 heavy (non-hydrogen) atoms. The van der Waals surface area contributed by atoms with Crippen molar-refractivity contribution in [1.29, 1.82) is 0 Å². The zero-order valence-electron chi connectivity index (χ0n) is 14.1. The highest BCUT2D eigenvalue weighted by molar-refractivity contribution is 6.34. The Hall–Kier alpha value is -3.38. The second kappa shape index (κ2) is 6.74. The summed E-state index contributed by atoms with van der Waals surface area (Å²) in [4.78, 5) is 28.9. The van der Waals surface area contributed by atoms with E-state index >= 15 is 0 Å².